The van der Waals surface area contributed by atoms with Crippen molar-refractivity contribution in [1.82, 2.24) is 19.1 Å². The van der Waals surface area contributed by atoms with Gasteiger partial charge in [0.1, 0.15) is 0 Å². The fourth-order valence-electron chi connectivity index (χ4n) is 5.02. The Morgan fingerprint density at radius 1 is 1.13 bits per heavy atom. The van der Waals surface area contributed by atoms with Gasteiger partial charge in [-0.1, -0.05) is 41.8 Å². The normalized spacial score (nSPS) is 14.8. The molecule has 0 N–H and O–H groups in total. The minimum absolute atomic E-state index is 0.115. The van der Waals surface area contributed by atoms with E-state index in [2.05, 4.69) is 15.9 Å². The number of rotatable bonds is 6. The van der Waals surface area contributed by atoms with Gasteiger partial charge in [-0.25, -0.2) is 9.37 Å². The Balaban J connectivity index is 1.65. The summed E-state index contributed by atoms with van der Waals surface area (Å²) in [4.78, 5) is 22.1. The molecule has 5 nitrogen and oxygen atoms in total. The van der Waals surface area contributed by atoms with Crippen molar-refractivity contribution >= 4 is 22.5 Å². The van der Waals surface area contributed by atoms with E-state index in [0.29, 0.717) is 45.4 Å². The lowest BCUT2D eigenvalue weighted by Crippen LogP contribution is -2.28. The van der Waals surface area contributed by atoms with Crippen LogP contribution in [-0.4, -0.2) is 19.1 Å². The second-order valence-electron chi connectivity index (χ2n) is 9.82. The highest BCUT2D eigenvalue weighted by Crippen LogP contribution is 2.42. The monoisotopic (exact) mass is 522 g/mol. The van der Waals surface area contributed by atoms with Crippen molar-refractivity contribution in [1.29, 1.82) is 0 Å². The van der Waals surface area contributed by atoms with Crippen LogP contribution in [0, 0.1) is 18.3 Å². The zero-order chi connectivity index (χ0) is 26.4. The molecule has 38 heavy (non-hydrogen) atoms. The Morgan fingerprint density at radius 3 is 2.61 bits per heavy atom. The van der Waals surface area contributed by atoms with Crippen LogP contribution in [0.3, 0.4) is 0 Å². The number of nitrogens with zero attached hydrogens (tertiary/aromatic N) is 4. The van der Waals surface area contributed by atoms with Crippen LogP contribution in [0.15, 0.2) is 84.2 Å². The molecule has 2 aromatic carbocycles. The predicted molar refractivity (Wildman–Crippen MR) is 148 cm³/mol. The third kappa shape index (κ3) is 4.09. The van der Waals surface area contributed by atoms with E-state index in [-0.39, 0.29) is 11.3 Å². The second-order valence-corrected chi connectivity index (χ2v) is 10.3. The lowest BCUT2D eigenvalue weighted by atomic mass is 9.87. The SMILES string of the molecule is C#Cc1cccc(-c2cc(=O)n(CC3CC3)c3cnc([C@](F)(c4ccc(Cl)cc4)c4cncn4C)cc23)c1. The van der Waals surface area contributed by atoms with Crippen LogP contribution >= 0.6 is 11.6 Å². The van der Waals surface area contributed by atoms with E-state index >= 15 is 4.39 Å². The Hall–Kier alpha value is -4.21. The van der Waals surface area contributed by atoms with E-state index < -0.39 is 5.67 Å². The first kappa shape index (κ1) is 24.1. The number of pyridine rings is 2. The molecule has 0 radical (unpaired) electrons. The van der Waals surface area contributed by atoms with Crippen LogP contribution in [0.4, 0.5) is 4.39 Å². The summed E-state index contributed by atoms with van der Waals surface area (Å²) in [6, 6.07) is 17.5. The predicted octanol–water partition coefficient (Wildman–Crippen LogP) is 6.10. The minimum Gasteiger partial charge on any atom is -0.334 e. The fraction of sp³-hybridized carbons (Fsp3) is 0.194. The summed E-state index contributed by atoms with van der Waals surface area (Å²) in [6.07, 6.45) is 12.5. The Morgan fingerprint density at radius 2 is 1.92 bits per heavy atom. The van der Waals surface area contributed by atoms with E-state index in [4.69, 9.17) is 18.0 Å². The average molecular weight is 523 g/mol. The van der Waals surface area contributed by atoms with E-state index in [1.54, 1.807) is 65.1 Å². The maximum absolute atomic E-state index is 17.5. The summed E-state index contributed by atoms with van der Waals surface area (Å²) < 4.78 is 20.9. The van der Waals surface area contributed by atoms with Gasteiger partial charge in [-0.15, -0.1) is 6.42 Å². The molecule has 1 aliphatic carbocycles. The smallest absolute Gasteiger partial charge is 0.251 e. The molecule has 3 heterocycles. The molecule has 188 valence electrons. The molecule has 0 bridgehead atoms. The van der Waals surface area contributed by atoms with Gasteiger partial charge in [-0.05, 0) is 60.2 Å². The van der Waals surface area contributed by atoms with Crippen molar-refractivity contribution in [3.8, 4) is 23.5 Å². The first-order valence-corrected chi connectivity index (χ1v) is 12.8. The van der Waals surface area contributed by atoms with Gasteiger partial charge in [-0.3, -0.25) is 9.78 Å². The van der Waals surface area contributed by atoms with Crippen molar-refractivity contribution in [2.75, 3.05) is 0 Å². The lowest BCUT2D eigenvalue weighted by molar-refractivity contribution is 0.260. The van der Waals surface area contributed by atoms with Crippen molar-refractivity contribution < 1.29 is 4.39 Å². The Labute approximate surface area is 224 Å². The van der Waals surface area contributed by atoms with Gasteiger partial charge < -0.3 is 9.13 Å². The third-order valence-corrected chi connectivity index (χ3v) is 7.49. The molecule has 5 aromatic rings. The van der Waals surface area contributed by atoms with Crippen molar-refractivity contribution in [2.45, 2.75) is 25.1 Å². The summed E-state index contributed by atoms with van der Waals surface area (Å²) in [6.45, 7) is 0.612. The molecule has 1 aliphatic rings. The molecule has 6 rings (SSSR count). The number of terminal acetylenes is 1. The summed E-state index contributed by atoms with van der Waals surface area (Å²) >= 11 is 6.13. The number of fused-ring (bicyclic) bond motifs is 1. The first-order chi connectivity index (χ1) is 18.4. The number of hydrogen-bond acceptors (Lipinski definition) is 3. The van der Waals surface area contributed by atoms with Gasteiger partial charge in [0.25, 0.3) is 5.56 Å². The maximum Gasteiger partial charge on any atom is 0.251 e. The molecule has 1 fully saturated rings. The van der Waals surface area contributed by atoms with Crippen LogP contribution in [0.1, 0.15) is 35.4 Å². The van der Waals surface area contributed by atoms with Gasteiger partial charge in [0.15, 0.2) is 0 Å². The van der Waals surface area contributed by atoms with Gasteiger partial charge in [-0.2, -0.15) is 0 Å². The number of halogens is 2. The zero-order valence-electron chi connectivity index (χ0n) is 20.7. The largest absolute Gasteiger partial charge is 0.334 e. The number of hydrogen-bond donors (Lipinski definition) is 0. The number of benzene rings is 2. The minimum atomic E-state index is -2.13. The van der Waals surface area contributed by atoms with Gasteiger partial charge in [0, 0.05) is 41.2 Å². The Bertz CT molecular complexity index is 1780. The van der Waals surface area contributed by atoms with Crippen LogP contribution in [0.25, 0.3) is 22.0 Å². The summed E-state index contributed by atoms with van der Waals surface area (Å²) in [7, 11) is 1.75. The first-order valence-electron chi connectivity index (χ1n) is 12.4. The van der Waals surface area contributed by atoms with Gasteiger partial charge in [0.2, 0.25) is 5.67 Å². The molecular formula is C31H24ClFN4O. The number of alkyl halides is 1. The Kier molecular flexibility index (Phi) is 5.89. The molecule has 1 saturated carbocycles. The highest BCUT2D eigenvalue weighted by atomic mass is 35.5. The highest BCUT2D eigenvalue weighted by molar-refractivity contribution is 6.30. The topological polar surface area (TPSA) is 52.7 Å². The summed E-state index contributed by atoms with van der Waals surface area (Å²) in [5.74, 6) is 3.12. The number of aryl methyl sites for hydroxylation is 1. The molecule has 7 heteroatoms. The number of aromatic nitrogens is 4. The maximum atomic E-state index is 17.5. The fourth-order valence-corrected chi connectivity index (χ4v) is 5.15. The molecule has 0 amide bonds. The molecule has 0 unspecified atom stereocenters. The van der Waals surface area contributed by atoms with E-state index in [1.165, 1.54) is 6.20 Å². The van der Waals surface area contributed by atoms with E-state index in [1.807, 2.05) is 24.3 Å². The third-order valence-electron chi connectivity index (χ3n) is 7.24. The van der Waals surface area contributed by atoms with Crippen LogP contribution in [0.5, 0.6) is 0 Å². The zero-order valence-corrected chi connectivity index (χ0v) is 21.5. The molecule has 1 atom stereocenters. The highest BCUT2D eigenvalue weighted by Gasteiger charge is 2.41. The van der Waals surface area contributed by atoms with Crippen LogP contribution in [0.2, 0.25) is 5.02 Å². The lowest BCUT2D eigenvalue weighted by Gasteiger charge is -2.27. The van der Waals surface area contributed by atoms with Gasteiger partial charge >= 0.3 is 0 Å². The quantitative estimate of drug-likeness (QED) is 0.253. The summed E-state index contributed by atoms with van der Waals surface area (Å²) in [5, 5.41) is 1.23. The van der Waals surface area contributed by atoms with E-state index in [9.17, 15) is 4.79 Å². The second kappa shape index (κ2) is 9.27. The van der Waals surface area contributed by atoms with Crippen LogP contribution < -0.4 is 5.56 Å². The summed E-state index contributed by atoms with van der Waals surface area (Å²) in [5.41, 5.74) is 1.47. The van der Waals surface area contributed by atoms with Crippen molar-refractivity contribution in [3.63, 3.8) is 0 Å². The number of imidazole rings is 1. The molecular weight excluding hydrogens is 499 g/mol. The van der Waals surface area contributed by atoms with Crippen molar-refractivity contribution in [3.05, 3.63) is 117 Å². The molecule has 0 aliphatic heterocycles. The standard InChI is InChI=1S/C31H24ClFN4O/c1-3-20-5-4-6-22(13-20)25-15-30(38)37(18-21-7-8-21)27-16-35-28(14-26(25)27)31(33,29-17-34-19-36(29)2)23-9-11-24(32)12-10-23/h1,4-6,9-17,19,21H,7-8,18H2,2H3/t31-/m1/s1. The van der Waals surface area contributed by atoms with Gasteiger partial charge in [0.05, 0.1) is 35.6 Å². The van der Waals surface area contributed by atoms with Crippen molar-refractivity contribution in [2.24, 2.45) is 13.0 Å². The average Bonchev–Trinajstić information content (AvgIpc) is 3.66. The molecule has 3 aromatic heterocycles. The molecule has 0 spiro atoms. The molecule has 0 saturated heterocycles. The van der Waals surface area contributed by atoms with E-state index in [0.717, 1.165) is 23.8 Å². The van der Waals surface area contributed by atoms with Crippen LogP contribution in [-0.2, 0) is 19.3 Å².